The van der Waals surface area contributed by atoms with Crippen LogP contribution in [0.1, 0.15) is 0 Å². The molecule has 1 aromatic carbocycles. The Kier molecular flexibility index (Phi) is 2.17. The van der Waals surface area contributed by atoms with Gasteiger partial charge in [-0.25, -0.2) is 4.39 Å². The Morgan fingerprint density at radius 3 is 1.64 bits per heavy atom. The van der Waals surface area contributed by atoms with Crippen LogP contribution in [0.25, 0.3) is 0 Å². The van der Waals surface area contributed by atoms with Gasteiger partial charge in [0.2, 0.25) is 0 Å². The van der Waals surface area contributed by atoms with E-state index in [-0.39, 0.29) is 21.9 Å². The summed E-state index contributed by atoms with van der Waals surface area (Å²) in [5, 5.41) is 0. The molecule has 0 aromatic heterocycles. The Bertz CT molecular complexity index is 271. The van der Waals surface area contributed by atoms with Crippen molar-refractivity contribution in [1.82, 2.24) is 0 Å². The molecule has 0 unspecified atom stereocenters. The summed E-state index contributed by atoms with van der Waals surface area (Å²) in [7, 11) is 21.0. The number of benzene rings is 1. The summed E-state index contributed by atoms with van der Waals surface area (Å²) in [5.41, 5.74) is -0.100. The first-order valence-corrected chi connectivity index (χ1v) is 2.92. The molecule has 0 amide bonds. The van der Waals surface area contributed by atoms with Gasteiger partial charge in [-0.15, -0.1) is 10.9 Å². The molecule has 44 valence electrons. The molecule has 11 heavy (non-hydrogen) atoms. The molecule has 0 nitrogen and oxygen atoms in total. The molecular formula is C6HB4F. The third-order valence-corrected chi connectivity index (χ3v) is 1.41. The van der Waals surface area contributed by atoms with E-state index in [1.807, 2.05) is 0 Å². The van der Waals surface area contributed by atoms with E-state index in [2.05, 4.69) is 0 Å². The second kappa shape index (κ2) is 2.80. The Morgan fingerprint density at radius 2 is 1.27 bits per heavy atom. The molecule has 0 aliphatic carbocycles. The molecule has 1 rings (SSSR count). The van der Waals surface area contributed by atoms with Crippen molar-refractivity contribution >= 4 is 53.2 Å². The van der Waals surface area contributed by atoms with E-state index < -0.39 is 5.82 Å². The summed E-state index contributed by atoms with van der Waals surface area (Å²) < 4.78 is 12.8. The van der Waals surface area contributed by atoms with E-state index in [0.717, 1.165) is 0 Å². The molecule has 0 heterocycles. The van der Waals surface area contributed by atoms with Crippen molar-refractivity contribution in [3.8, 4) is 0 Å². The van der Waals surface area contributed by atoms with E-state index in [9.17, 15) is 4.39 Å². The van der Waals surface area contributed by atoms with Crippen LogP contribution in [0.2, 0.25) is 0 Å². The molecule has 0 N–H and O–H groups in total. The first-order valence-electron chi connectivity index (χ1n) is 2.92. The monoisotopic (exact) mass is 136 g/mol. The quantitative estimate of drug-likeness (QED) is 0.333. The number of rotatable bonds is 0. The second-order valence-electron chi connectivity index (χ2n) is 2.20. The number of halogens is 1. The van der Waals surface area contributed by atoms with Crippen LogP contribution in [0.4, 0.5) is 4.39 Å². The summed E-state index contributed by atoms with van der Waals surface area (Å²) in [6.45, 7) is 0. The zero-order valence-electron chi connectivity index (χ0n) is 5.76. The van der Waals surface area contributed by atoms with Crippen molar-refractivity contribution in [1.29, 1.82) is 0 Å². The number of hydrogen-bond donors (Lipinski definition) is 0. The van der Waals surface area contributed by atoms with Crippen molar-refractivity contribution in [3.05, 3.63) is 11.9 Å². The van der Waals surface area contributed by atoms with Crippen LogP contribution in [0.3, 0.4) is 0 Å². The minimum Gasteiger partial charge on any atom is -0.208 e. The highest BCUT2D eigenvalue weighted by atomic mass is 19.1. The Labute approximate surface area is 70.2 Å². The van der Waals surface area contributed by atoms with E-state index in [4.69, 9.17) is 31.4 Å². The van der Waals surface area contributed by atoms with Crippen LogP contribution in [0.5, 0.6) is 0 Å². The largest absolute Gasteiger partial charge is 0.208 e. The van der Waals surface area contributed by atoms with Crippen molar-refractivity contribution in [2.45, 2.75) is 0 Å². The fraction of sp³-hybridized carbons (Fsp3) is 0. The maximum atomic E-state index is 12.8. The van der Waals surface area contributed by atoms with Gasteiger partial charge >= 0.3 is 0 Å². The van der Waals surface area contributed by atoms with E-state index in [1.165, 1.54) is 6.07 Å². The third kappa shape index (κ3) is 1.37. The first-order chi connectivity index (χ1) is 5.04. The minimum atomic E-state index is -0.748. The highest BCUT2D eigenvalue weighted by Gasteiger charge is 2.04. The van der Waals surface area contributed by atoms with Gasteiger partial charge in [0.25, 0.3) is 0 Å². The highest BCUT2D eigenvalue weighted by molar-refractivity contribution is 6.55. The van der Waals surface area contributed by atoms with Crippen LogP contribution in [-0.2, 0) is 0 Å². The van der Waals surface area contributed by atoms with Gasteiger partial charge < -0.3 is 0 Å². The smallest absolute Gasteiger partial charge is 0.117 e. The van der Waals surface area contributed by atoms with Crippen LogP contribution >= 0.6 is 0 Å². The van der Waals surface area contributed by atoms with Crippen molar-refractivity contribution in [2.24, 2.45) is 0 Å². The topological polar surface area (TPSA) is 0 Å². The van der Waals surface area contributed by atoms with Crippen LogP contribution in [0.15, 0.2) is 6.07 Å². The summed E-state index contributed by atoms with van der Waals surface area (Å²) in [4.78, 5) is 0. The van der Waals surface area contributed by atoms with E-state index in [0.29, 0.717) is 0 Å². The van der Waals surface area contributed by atoms with Crippen molar-refractivity contribution in [2.75, 3.05) is 0 Å². The highest BCUT2D eigenvalue weighted by Crippen LogP contribution is 1.80. The average Bonchev–Trinajstić information content (AvgIpc) is 1.97. The maximum Gasteiger partial charge on any atom is 0.117 e. The van der Waals surface area contributed by atoms with E-state index >= 15 is 0 Å². The Morgan fingerprint density at radius 1 is 0.909 bits per heavy atom. The fourth-order valence-corrected chi connectivity index (χ4v) is 0.722. The van der Waals surface area contributed by atoms with Crippen molar-refractivity contribution < 1.29 is 4.39 Å². The third-order valence-electron chi connectivity index (χ3n) is 1.41. The molecule has 5 heteroatoms. The molecule has 0 spiro atoms. The predicted molar refractivity (Wildman–Crippen MR) is 48.0 cm³/mol. The normalized spacial score (nSPS) is 9.91. The summed E-state index contributed by atoms with van der Waals surface area (Å²) in [6, 6.07) is 1.33. The first kappa shape index (κ1) is 8.51. The van der Waals surface area contributed by atoms with Crippen LogP contribution < -0.4 is 21.9 Å². The van der Waals surface area contributed by atoms with Crippen molar-refractivity contribution in [3.63, 3.8) is 0 Å². The second-order valence-corrected chi connectivity index (χ2v) is 2.20. The molecule has 1 aromatic rings. The Balaban J connectivity index is 3.46. The molecule has 0 fully saturated rings. The summed E-state index contributed by atoms with van der Waals surface area (Å²) >= 11 is 0. The SMILES string of the molecule is [B]c1cc([B])c([B])c(F)c1[B]. The van der Waals surface area contributed by atoms with Crippen LogP contribution in [0, 0.1) is 5.82 Å². The molecule has 8 radical (unpaired) electrons. The number of hydrogen-bond acceptors (Lipinski definition) is 0. The van der Waals surface area contributed by atoms with Gasteiger partial charge in [-0.2, -0.15) is 0 Å². The van der Waals surface area contributed by atoms with Crippen LogP contribution in [-0.4, -0.2) is 31.4 Å². The molecule has 0 bridgehead atoms. The van der Waals surface area contributed by atoms with Gasteiger partial charge in [-0.05, 0) is 0 Å². The minimum absolute atomic E-state index is 0.106. The molecule has 0 saturated carbocycles. The zero-order chi connectivity index (χ0) is 8.59. The average molecular weight is 135 g/mol. The molecule has 0 aliphatic rings. The lowest BCUT2D eigenvalue weighted by molar-refractivity contribution is 0.645. The van der Waals surface area contributed by atoms with Gasteiger partial charge in [0.1, 0.15) is 37.2 Å². The molecular weight excluding hydrogens is 134 g/mol. The lowest BCUT2D eigenvalue weighted by Gasteiger charge is -2.09. The molecule has 0 atom stereocenters. The Hall–Kier alpha value is -0.590. The predicted octanol–water partition coefficient (Wildman–Crippen LogP) is -3.00. The summed E-state index contributed by atoms with van der Waals surface area (Å²) in [5.74, 6) is -0.748. The van der Waals surface area contributed by atoms with Gasteiger partial charge in [0.15, 0.2) is 0 Å². The molecule has 0 saturated heterocycles. The van der Waals surface area contributed by atoms with Gasteiger partial charge in [0, 0.05) is 0 Å². The summed E-state index contributed by atoms with van der Waals surface area (Å²) in [6.07, 6.45) is 0. The van der Waals surface area contributed by atoms with E-state index in [1.54, 1.807) is 0 Å². The lowest BCUT2D eigenvalue weighted by atomic mass is 9.70. The van der Waals surface area contributed by atoms with Gasteiger partial charge in [-0.3, -0.25) is 0 Å². The standard InChI is InChI=1S/C6HB4F/c7-2-1-3(8)5(10)6(11)4(2)9/h1H. The van der Waals surface area contributed by atoms with Gasteiger partial charge in [-0.1, -0.05) is 17.0 Å². The van der Waals surface area contributed by atoms with Gasteiger partial charge in [0.05, 0.1) is 0 Å². The zero-order valence-corrected chi connectivity index (χ0v) is 5.76. The lowest BCUT2D eigenvalue weighted by Crippen LogP contribution is -2.43. The maximum absolute atomic E-state index is 12.8. The molecule has 0 aliphatic heterocycles. The fourth-order valence-electron chi connectivity index (χ4n) is 0.722.